The van der Waals surface area contributed by atoms with Gasteiger partial charge < -0.3 is 14.9 Å². The summed E-state index contributed by atoms with van der Waals surface area (Å²) in [5, 5.41) is 22.2. The molecule has 0 spiro atoms. The molecule has 0 aliphatic carbocycles. The second kappa shape index (κ2) is 6.99. The number of carbonyl (C=O) groups excluding carboxylic acids is 1. The molecule has 0 aliphatic heterocycles. The van der Waals surface area contributed by atoms with Crippen LogP contribution < -0.4 is 5.32 Å². The number of esters is 1. The van der Waals surface area contributed by atoms with Crippen LogP contribution in [0.1, 0.15) is 25.8 Å². The van der Waals surface area contributed by atoms with Crippen molar-refractivity contribution >= 4 is 5.97 Å². The van der Waals surface area contributed by atoms with Crippen molar-refractivity contribution in [2.45, 2.75) is 32.9 Å². The lowest BCUT2D eigenvalue weighted by molar-refractivity contribution is -0.144. The van der Waals surface area contributed by atoms with Gasteiger partial charge in [-0.1, -0.05) is 32.4 Å². The molecule has 0 amide bonds. The lowest BCUT2D eigenvalue weighted by atomic mass is 9.99. The Hall–Kier alpha value is -1.75. The van der Waals surface area contributed by atoms with E-state index in [9.17, 15) is 15.0 Å². The first-order chi connectivity index (χ1) is 9.01. The summed E-state index contributed by atoms with van der Waals surface area (Å²) in [6, 6.07) is 4.30. The highest BCUT2D eigenvalue weighted by atomic mass is 16.5. The predicted molar refractivity (Wildman–Crippen MR) is 71.9 cm³/mol. The summed E-state index contributed by atoms with van der Waals surface area (Å²) in [6.07, 6.45) is 0.832. The number of benzene rings is 1. The van der Waals surface area contributed by atoms with Crippen LogP contribution in [-0.2, 0) is 16.1 Å². The molecular formula is C14H21NO4. The molecular weight excluding hydrogens is 246 g/mol. The summed E-state index contributed by atoms with van der Waals surface area (Å²) >= 11 is 0. The number of aromatic hydroxyl groups is 2. The number of phenols is 2. The fraction of sp³-hybridized carbons (Fsp3) is 0.500. The van der Waals surface area contributed by atoms with E-state index in [-0.39, 0.29) is 29.9 Å². The Morgan fingerprint density at radius 3 is 2.68 bits per heavy atom. The van der Waals surface area contributed by atoms with Crippen LogP contribution in [0.5, 0.6) is 11.5 Å². The standard InChI is InChI=1S/C14H21NO4/c1-4-9(2)12(14(18)19-3)15-8-10-6-5-7-11(16)13(10)17/h5-7,9,12,15-17H,4,8H2,1-3H3. The first kappa shape index (κ1) is 15.3. The first-order valence-corrected chi connectivity index (χ1v) is 6.32. The highest BCUT2D eigenvalue weighted by Crippen LogP contribution is 2.28. The predicted octanol–water partition coefficient (Wildman–Crippen LogP) is 1.78. The van der Waals surface area contributed by atoms with E-state index in [1.165, 1.54) is 13.2 Å². The van der Waals surface area contributed by atoms with Crippen molar-refractivity contribution in [2.24, 2.45) is 5.92 Å². The maximum Gasteiger partial charge on any atom is 0.323 e. The molecule has 3 N–H and O–H groups in total. The third-order valence-corrected chi connectivity index (χ3v) is 3.28. The lowest BCUT2D eigenvalue weighted by Crippen LogP contribution is -2.42. The number of hydrogen-bond acceptors (Lipinski definition) is 5. The Bertz CT molecular complexity index is 433. The van der Waals surface area contributed by atoms with E-state index in [1.807, 2.05) is 13.8 Å². The number of hydrogen-bond donors (Lipinski definition) is 3. The third kappa shape index (κ3) is 3.86. The van der Waals surface area contributed by atoms with Crippen LogP contribution in [-0.4, -0.2) is 29.3 Å². The number of phenolic OH excluding ortho intramolecular Hbond substituents is 2. The Balaban J connectivity index is 2.76. The second-order valence-corrected chi connectivity index (χ2v) is 4.55. The van der Waals surface area contributed by atoms with Crippen molar-refractivity contribution in [3.8, 4) is 11.5 Å². The zero-order valence-electron chi connectivity index (χ0n) is 11.5. The molecule has 0 saturated heterocycles. The van der Waals surface area contributed by atoms with Crippen molar-refractivity contribution in [3.63, 3.8) is 0 Å². The van der Waals surface area contributed by atoms with Gasteiger partial charge in [0.25, 0.3) is 0 Å². The number of nitrogens with one attached hydrogen (secondary N) is 1. The van der Waals surface area contributed by atoms with Crippen LogP contribution in [0.15, 0.2) is 18.2 Å². The van der Waals surface area contributed by atoms with E-state index >= 15 is 0 Å². The topological polar surface area (TPSA) is 78.8 Å². The molecule has 5 nitrogen and oxygen atoms in total. The average molecular weight is 267 g/mol. The molecule has 0 aliphatic rings. The molecule has 0 fully saturated rings. The van der Waals surface area contributed by atoms with Gasteiger partial charge in [0.15, 0.2) is 11.5 Å². The Morgan fingerprint density at radius 1 is 1.42 bits per heavy atom. The van der Waals surface area contributed by atoms with Crippen molar-refractivity contribution in [1.29, 1.82) is 0 Å². The van der Waals surface area contributed by atoms with Crippen molar-refractivity contribution in [3.05, 3.63) is 23.8 Å². The number of ether oxygens (including phenoxy) is 1. The van der Waals surface area contributed by atoms with Gasteiger partial charge in [0.05, 0.1) is 7.11 Å². The van der Waals surface area contributed by atoms with Gasteiger partial charge in [0.1, 0.15) is 6.04 Å². The van der Waals surface area contributed by atoms with Crippen molar-refractivity contribution in [1.82, 2.24) is 5.32 Å². The van der Waals surface area contributed by atoms with Crippen LogP contribution in [0.3, 0.4) is 0 Å². The van der Waals surface area contributed by atoms with Crippen LogP contribution in [0.2, 0.25) is 0 Å². The van der Waals surface area contributed by atoms with Gasteiger partial charge in [-0.3, -0.25) is 10.1 Å². The summed E-state index contributed by atoms with van der Waals surface area (Å²) < 4.78 is 4.76. The SMILES string of the molecule is CCC(C)C(NCc1cccc(O)c1O)C(=O)OC. The zero-order chi connectivity index (χ0) is 14.4. The highest BCUT2D eigenvalue weighted by Gasteiger charge is 2.24. The molecule has 1 rings (SSSR count). The van der Waals surface area contributed by atoms with E-state index < -0.39 is 6.04 Å². The van der Waals surface area contributed by atoms with Gasteiger partial charge in [-0.15, -0.1) is 0 Å². The number of carbonyl (C=O) groups is 1. The molecule has 106 valence electrons. The quantitative estimate of drug-likeness (QED) is 0.541. The van der Waals surface area contributed by atoms with Gasteiger partial charge >= 0.3 is 5.97 Å². The molecule has 0 bridgehead atoms. The largest absolute Gasteiger partial charge is 0.504 e. The van der Waals surface area contributed by atoms with E-state index in [2.05, 4.69) is 5.32 Å². The van der Waals surface area contributed by atoms with Gasteiger partial charge in [0, 0.05) is 12.1 Å². The van der Waals surface area contributed by atoms with E-state index in [0.717, 1.165) is 6.42 Å². The normalized spacial score (nSPS) is 13.8. The summed E-state index contributed by atoms with van der Waals surface area (Å²) in [5.74, 6) is -0.541. The molecule has 19 heavy (non-hydrogen) atoms. The number of para-hydroxylation sites is 1. The van der Waals surface area contributed by atoms with Crippen molar-refractivity contribution < 1.29 is 19.7 Å². The minimum absolute atomic E-state index is 0.118. The molecule has 0 saturated carbocycles. The van der Waals surface area contributed by atoms with E-state index in [1.54, 1.807) is 12.1 Å². The maximum atomic E-state index is 11.7. The van der Waals surface area contributed by atoms with Crippen LogP contribution in [0, 0.1) is 5.92 Å². The monoisotopic (exact) mass is 267 g/mol. The fourth-order valence-corrected chi connectivity index (χ4v) is 1.82. The lowest BCUT2D eigenvalue weighted by Gasteiger charge is -2.22. The molecule has 5 heteroatoms. The Labute approximate surface area is 113 Å². The van der Waals surface area contributed by atoms with Crippen molar-refractivity contribution in [2.75, 3.05) is 7.11 Å². The molecule has 2 unspecified atom stereocenters. The summed E-state index contributed by atoms with van der Waals surface area (Å²) in [4.78, 5) is 11.7. The van der Waals surface area contributed by atoms with Gasteiger partial charge in [-0.25, -0.2) is 0 Å². The van der Waals surface area contributed by atoms with Gasteiger partial charge in [-0.2, -0.15) is 0 Å². The fourth-order valence-electron chi connectivity index (χ4n) is 1.82. The minimum atomic E-state index is -0.434. The molecule has 0 aromatic heterocycles. The summed E-state index contributed by atoms with van der Waals surface area (Å²) in [6.45, 7) is 4.23. The molecule has 0 radical (unpaired) electrons. The molecule has 1 aromatic rings. The highest BCUT2D eigenvalue weighted by molar-refractivity contribution is 5.76. The number of methoxy groups -OCH3 is 1. The third-order valence-electron chi connectivity index (χ3n) is 3.28. The van der Waals surface area contributed by atoms with Gasteiger partial charge in [0.2, 0.25) is 0 Å². The first-order valence-electron chi connectivity index (χ1n) is 6.32. The zero-order valence-corrected chi connectivity index (χ0v) is 11.5. The summed E-state index contributed by atoms with van der Waals surface area (Å²) in [5.41, 5.74) is 0.539. The average Bonchev–Trinajstić information content (AvgIpc) is 2.42. The van der Waals surface area contributed by atoms with E-state index in [4.69, 9.17) is 4.74 Å². The molecule has 2 atom stereocenters. The van der Waals surface area contributed by atoms with Crippen LogP contribution in [0.4, 0.5) is 0 Å². The second-order valence-electron chi connectivity index (χ2n) is 4.55. The Morgan fingerprint density at radius 2 is 2.11 bits per heavy atom. The maximum absolute atomic E-state index is 11.7. The smallest absolute Gasteiger partial charge is 0.323 e. The summed E-state index contributed by atoms with van der Waals surface area (Å²) in [7, 11) is 1.35. The molecule has 1 aromatic carbocycles. The minimum Gasteiger partial charge on any atom is -0.504 e. The van der Waals surface area contributed by atoms with Crippen LogP contribution in [0.25, 0.3) is 0 Å². The van der Waals surface area contributed by atoms with Crippen LogP contribution >= 0.6 is 0 Å². The Kier molecular flexibility index (Phi) is 5.63. The number of rotatable bonds is 6. The molecule has 0 heterocycles. The van der Waals surface area contributed by atoms with E-state index in [0.29, 0.717) is 5.56 Å². The van der Waals surface area contributed by atoms with Gasteiger partial charge in [-0.05, 0) is 12.0 Å².